The highest BCUT2D eigenvalue weighted by atomic mass is 35.5. The molecule has 0 N–H and O–H groups in total. The predicted molar refractivity (Wildman–Crippen MR) is 74.1 cm³/mol. The summed E-state index contributed by atoms with van der Waals surface area (Å²) in [6.07, 6.45) is 10.4. The minimum Gasteiger partial charge on any atom is -0.372 e. The lowest BCUT2D eigenvalue weighted by atomic mass is 9.82. The third kappa shape index (κ3) is 3.30. The number of hydrogen-bond acceptors (Lipinski definition) is 1. The maximum Gasteiger partial charge on any atom is 0.0687 e. The lowest BCUT2D eigenvalue weighted by Crippen LogP contribution is -2.33. The van der Waals surface area contributed by atoms with Crippen molar-refractivity contribution in [2.45, 2.75) is 70.0 Å². The molecule has 1 nitrogen and oxygen atoms in total. The zero-order chi connectivity index (χ0) is 12.4. The largest absolute Gasteiger partial charge is 0.372 e. The zero-order valence-electron chi connectivity index (χ0n) is 10.8. The van der Waals surface area contributed by atoms with Gasteiger partial charge in [-0.05, 0) is 37.5 Å². The van der Waals surface area contributed by atoms with Crippen LogP contribution in [0.4, 0.5) is 0 Å². The van der Waals surface area contributed by atoms with E-state index in [9.17, 15) is 0 Å². The van der Waals surface area contributed by atoms with Crippen molar-refractivity contribution in [3.05, 3.63) is 0 Å². The highest BCUT2D eigenvalue weighted by Crippen LogP contribution is 2.44. The van der Waals surface area contributed by atoms with Gasteiger partial charge in [0.25, 0.3) is 0 Å². The van der Waals surface area contributed by atoms with Crippen molar-refractivity contribution in [2.75, 3.05) is 11.8 Å². The van der Waals surface area contributed by atoms with Crippen LogP contribution in [0.25, 0.3) is 0 Å². The molecule has 0 aromatic carbocycles. The van der Waals surface area contributed by atoms with Gasteiger partial charge >= 0.3 is 0 Å². The smallest absolute Gasteiger partial charge is 0.0687 e. The molecule has 1 aliphatic heterocycles. The van der Waals surface area contributed by atoms with Gasteiger partial charge in [-0.3, -0.25) is 0 Å². The number of alkyl halides is 2. The van der Waals surface area contributed by atoms with Crippen molar-refractivity contribution in [1.29, 1.82) is 0 Å². The van der Waals surface area contributed by atoms with Crippen LogP contribution in [0.5, 0.6) is 0 Å². The molecule has 1 atom stereocenters. The van der Waals surface area contributed by atoms with E-state index in [-0.39, 0.29) is 11.0 Å². The number of halogens is 2. The van der Waals surface area contributed by atoms with Crippen molar-refractivity contribution in [1.82, 2.24) is 0 Å². The van der Waals surface area contributed by atoms with Gasteiger partial charge in [-0.15, -0.1) is 23.2 Å². The second-order valence-corrected chi connectivity index (χ2v) is 6.84. The summed E-state index contributed by atoms with van der Waals surface area (Å²) >= 11 is 12.0. The normalized spacial score (nSPS) is 28.8. The molecule has 1 saturated heterocycles. The number of hydrogen-bond donors (Lipinski definition) is 0. The lowest BCUT2D eigenvalue weighted by Gasteiger charge is -2.35. The molecule has 1 aliphatic carbocycles. The van der Waals surface area contributed by atoms with Crippen molar-refractivity contribution < 1.29 is 4.74 Å². The second kappa shape index (κ2) is 5.67. The molecule has 1 saturated carbocycles. The quantitative estimate of drug-likeness (QED) is 0.675. The van der Waals surface area contributed by atoms with Gasteiger partial charge in [0, 0.05) is 11.8 Å². The molecule has 0 bridgehead atoms. The summed E-state index contributed by atoms with van der Waals surface area (Å²) in [5.74, 6) is 1.26. The summed E-state index contributed by atoms with van der Waals surface area (Å²) in [6.45, 7) is 2.17. The van der Waals surface area contributed by atoms with Crippen LogP contribution in [0.1, 0.15) is 58.3 Å². The summed E-state index contributed by atoms with van der Waals surface area (Å²) in [5, 5.41) is 0. The second-order valence-electron chi connectivity index (χ2n) is 6.30. The van der Waals surface area contributed by atoms with Crippen LogP contribution in [0, 0.1) is 5.41 Å². The Morgan fingerprint density at radius 1 is 1.12 bits per heavy atom. The van der Waals surface area contributed by atoms with Crippen molar-refractivity contribution in [3.63, 3.8) is 0 Å². The fourth-order valence-corrected chi connectivity index (χ4v) is 3.80. The maximum atomic E-state index is 6.37. The van der Waals surface area contributed by atoms with Gasteiger partial charge in [0.1, 0.15) is 0 Å². The molecule has 2 aliphatic rings. The van der Waals surface area contributed by atoms with E-state index in [1.165, 1.54) is 44.9 Å². The summed E-state index contributed by atoms with van der Waals surface area (Å²) in [6, 6.07) is 0. The molecule has 2 fully saturated rings. The van der Waals surface area contributed by atoms with Gasteiger partial charge in [0.05, 0.1) is 11.7 Å². The van der Waals surface area contributed by atoms with Crippen LogP contribution in [0.15, 0.2) is 0 Å². The van der Waals surface area contributed by atoms with Gasteiger partial charge < -0.3 is 4.74 Å². The Hall–Kier alpha value is 0.540. The van der Waals surface area contributed by atoms with E-state index in [0.29, 0.717) is 17.9 Å². The van der Waals surface area contributed by atoms with E-state index in [1.54, 1.807) is 0 Å². The standard InChI is InChI=1S/C14H24Cl2O/c1-13(10-15,11-16)9-12-5-8-14(17-12)6-3-2-4-7-14/h12H,2-11H2,1H3. The van der Waals surface area contributed by atoms with Crippen LogP contribution >= 0.6 is 23.2 Å². The van der Waals surface area contributed by atoms with E-state index in [2.05, 4.69) is 6.92 Å². The average molecular weight is 279 g/mol. The minimum atomic E-state index is 0.0357. The van der Waals surface area contributed by atoms with Crippen LogP contribution in [0.2, 0.25) is 0 Å². The summed E-state index contributed by atoms with van der Waals surface area (Å²) < 4.78 is 6.37. The predicted octanol–water partition coefficient (Wildman–Crippen LogP) is 4.74. The first-order chi connectivity index (χ1) is 8.11. The molecule has 0 radical (unpaired) electrons. The first-order valence-electron chi connectivity index (χ1n) is 6.91. The van der Waals surface area contributed by atoms with Crippen LogP contribution in [0.3, 0.4) is 0 Å². The maximum absolute atomic E-state index is 6.37. The average Bonchev–Trinajstić information content (AvgIpc) is 2.72. The van der Waals surface area contributed by atoms with E-state index in [0.717, 1.165) is 6.42 Å². The van der Waals surface area contributed by atoms with Gasteiger partial charge in [0.2, 0.25) is 0 Å². The van der Waals surface area contributed by atoms with Gasteiger partial charge in [-0.25, -0.2) is 0 Å². The Kier molecular flexibility index (Phi) is 4.66. The van der Waals surface area contributed by atoms with Crippen LogP contribution in [-0.2, 0) is 4.74 Å². The molecule has 0 aromatic rings. The van der Waals surface area contributed by atoms with E-state index >= 15 is 0 Å². The lowest BCUT2D eigenvalue weighted by molar-refractivity contribution is -0.0731. The van der Waals surface area contributed by atoms with E-state index in [1.807, 2.05) is 0 Å². The molecule has 3 heteroatoms. The molecule has 1 spiro atoms. The monoisotopic (exact) mass is 278 g/mol. The molecule has 0 aromatic heterocycles. The van der Waals surface area contributed by atoms with Gasteiger partial charge in [-0.1, -0.05) is 26.2 Å². The Morgan fingerprint density at radius 3 is 2.35 bits per heavy atom. The molecular formula is C14H24Cl2O. The van der Waals surface area contributed by atoms with Gasteiger partial charge in [-0.2, -0.15) is 0 Å². The number of rotatable bonds is 4. The molecule has 17 heavy (non-hydrogen) atoms. The van der Waals surface area contributed by atoms with Crippen molar-refractivity contribution in [2.24, 2.45) is 5.41 Å². The summed E-state index contributed by atoms with van der Waals surface area (Å²) in [5.41, 5.74) is 0.260. The fourth-order valence-electron chi connectivity index (χ4n) is 3.30. The number of ether oxygens (including phenoxy) is 1. The highest BCUT2D eigenvalue weighted by molar-refractivity contribution is 6.21. The first-order valence-corrected chi connectivity index (χ1v) is 7.98. The first kappa shape index (κ1) is 14.0. The molecular weight excluding hydrogens is 255 g/mol. The summed E-state index contributed by atoms with van der Waals surface area (Å²) in [4.78, 5) is 0. The van der Waals surface area contributed by atoms with Crippen molar-refractivity contribution in [3.8, 4) is 0 Å². The zero-order valence-corrected chi connectivity index (χ0v) is 12.3. The summed E-state index contributed by atoms with van der Waals surface area (Å²) in [7, 11) is 0. The topological polar surface area (TPSA) is 9.23 Å². The molecule has 2 rings (SSSR count). The minimum absolute atomic E-state index is 0.0357. The Bertz CT molecular complexity index is 245. The van der Waals surface area contributed by atoms with Gasteiger partial charge in [0.15, 0.2) is 0 Å². The Labute approximate surface area is 115 Å². The van der Waals surface area contributed by atoms with Crippen LogP contribution in [-0.4, -0.2) is 23.5 Å². The third-order valence-electron chi connectivity index (χ3n) is 4.47. The Balaban J connectivity index is 1.89. The van der Waals surface area contributed by atoms with E-state index < -0.39 is 0 Å². The molecule has 1 heterocycles. The fraction of sp³-hybridized carbons (Fsp3) is 1.00. The Morgan fingerprint density at radius 2 is 1.76 bits per heavy atom. The van der Waals surface area contributed by atoms with E-state index in [4.69, 9.17) is 27.9 Å². The highest BCUT2D eigenvalue weighted by Gasteiger charge is 2.42. The van der Waals surface area contributed by atoms with Crippen molar-refractivity contribution >= 4 is 23.2 Å². The molecule has 0 amide bonds. The van der Waals surface area contributed by atoms with Crippen LogP contribution < -0.4 is 0 Å². The molecule has 100 valence electrons. The molecule has 1 unspecified atom stereocenters. The SMILES string of the molecule is CC(CCl)(CCl)CC1CCC2(CCCCC2)O1. The third-order valence-corrected chi connectivity index (χ3v) is 5.76.